The molecular weight excluding hydrogens is 460 g/mol. The Morgan fingerprint density at radius 2 is 1.91 bits per heavy atom. The summed E-state index contributed by atoms with van der Waals surface area (Å²) in [5.41, 5.74) is 0.830. The molecule has 0 saturated carbocycles. The average Bonchev–Trinajstić information content (AvgIpc) is 3.38. The van der Waals surface area contributed by atoms with E-state index in [-0.39, 0.29) is 28.5 Å². The number of nitrogens with zero attached hydrogens (tertiary/aromatic N) is 4. The molecule has 2 aromatic heterocycles. The van der Waals surface area contributed by atoms with Crippen molar-refractivity contribution in [3.63, 3.8) is 0 Å². The van der Waals surface area contributed by atoms with Crippen LogP contribution < -0.4 is 14.8 Å². The summed E-state index contributed by atoms with van der Waals surface area (Å²) in [4.78, 5) is 14.7. The predicted molar refractivity (Wildman–Crippen MR) is 126 cm³/mol. The van der Waals surface area contributed by atoms with Crippen LogP contribution in [0.15, 0.2) is 84.1 Å². The minimum absolute atomic E-state index is 0.198. The Balaban J connectivity index is 1.61. The number of aromatic nitrogens is 3. The van der Waals surface area contributed by atoms with Gasteiger partial charge in [-0.3, -0.25) is 14.8 Å². The van der Waals surface area contributed by atoms with E-state index in [1.165, 1.54) is 25.3 Å². The molecule has 4 rings (SSSR count). The summed E-state index contributed by atoms with van der Waals surface area (Å²) < 4.78 is 35.7. The molecule has 0 aliphatic rings. The molecule has 0 amide bonds. The molecule has 11 nitrogen and oxygen atoms in total. The first-order chi connectivity index (χ1) is 16.4. The molecular formula is C22H20N6O5S. The largest absolute Gasteiger partial charge is 0.495 e. The fourth-order valence-corrected chi connectivity index (χ4v) is 4.45. The van der Waals surface area contributed by atoms with Gasteiger partial charge in [0.2, 0.25) is 0 Å². The van der Waals surface area contributed by atoms with Gasteiger partial charge >= 0.3 is 0 Å². The maximum absolute atomic E-state index is 13.2. The molecule has 0 atom stereocenters. The molecule has 0 spiro atoms. The molecule has 2 heterocycles. The molecule has 0 unspecified atom stereocenters. The van der Waals surface area contributed by atoms with Crippen LogP contribution >= 0.6 is 0 Å². The van der Waals surface area contributed by atoms with E-state index >= 15 is 0 Å². The van der Waals surface area contributed by atoms with Crippen molar-refractivity contribution in [2.24, 2.45) is 0 Å². The summed E-state index contributed by atoms with van der Waals surface area (Å²) in [5, 5.41) is 18.4. The number of non-ortho nitro benzene ring substituents is 1. The second kappa shape index (κ2) is 9.58. The van der Waals surface area contributed by atoms with Gasteiger partial charge in [-0.05, 0) is 35.9 Å². The van der Waals surface area contributed by atoms with Gasteiger partial charge in [0.15, 0.2) is 5.82 Å². The minimum Gasteiger partial charge on any atom is -0.495 e. The Kier molecular flexibility index (Phi) is 6.41. The topological polar surface area (TPSA) is 141 Å². The highest BCUT2D eigenvalue weighted by Crippen LogP contribution is 2.31. The number of benzene rings is 2. The monoisotopic (exact) mass is 480 g/mol. The molecule has 2 aromatic carbocycles. The summed E-state index contributed by atoms with van der Waals surface area (Å²) in [6, 6.07) is 15.5. The van der Waals surface area contributed by atoms with Crippen molar-refractivity contribution in [1.29, 1.82) is 0 Å². The van der Waals surface area contributed by atoms with Crippen LogP contribution in [0.4, 0.5) is 17.1 Å². The maximum atomic E-state index is 13.2. The lowest BCUT2D eigenvalue weighted by atomic mass is 10.2. The first kappa shape index (κ1) is 22.7. The molecule has 0 saturated heterocycles. The Bertz CT molecular complexity index is 1410. The Labute approximate surface area is 195 Å². The number of sulfonamides is 1. The third kappa shape index (κ3) is 4.96. The zero-order valence-corrected chi connectivity index (χ0v) is 18.8. The van der Waals surface area contributed by atoms with Crippen LogP contribution in [0.5, 0.6) is 5.75 Å². The number of nitrogens with one attached hydrogen (secondary N) is 2. The van der Waals surface area contributed by atoms with E-state index in [0.29, 0.717) is 11.6 Å². The average molecular weight is 481 g/mol. The third-order valence-electron chi connectivity index (χ3n) is 4.85. The van der Waals surface area contributed by atoms with Gasteiger partial charge in [0.05, 0.1) is 23.4 Å². The SMILES string of the molecule is COc1ccccc1NS(=O)(=O)c1cc([N+](=O)[O-])ccc1NCc1ccc(-n2cccn2)nc1. The van der Waals surface area contributed by atoms with E-state index in [2.05, 4.69) is 20.1 Å². The first-order valence-electron chi connectivity index (χ1n) is 10.0. The van der Waals surface area contributed by atoms with Crippen LogP contribution in [-0.2, 0) is 16.6 Å². The van der Waals surface area contributed by atoms with Crippen LogP contribution in [0, 0.1) is 10.1 Å². The number of nitro benzene ring substituents is 1. The molecule has 0 aliphatic heterocycles. The number of para-hydroxylation sites is 2. The molecule has 2 N–H and O–H groups in total. The standard InChI is InChI=1S/C22H20N6O5S/c1-33-20-6-3-2-5-18(20)26-34(31,32)21-13-17(28(29)30)8-9-19(21)23-14-16-7-10-22(24-15-16)27-12-4-11-25-27/h2-13,15,23,26H,14H2,1H3. The normalized spacial score (nSPS) is 11.1. The Hall–Kier alpha value is -4.45. The van der Waals surface area contributed by atoms with Crippen LogP contribution in [0.25, 0.3) is 5.82 Å². The maximum Gasteiger partial charge on any atom is 0.270 e. The van der Waals surface area contributed by atoms with Crippen LogP contribution in [-0.4, -0.2) is 35.2 Å². The second-order valence-corrected chi connectivity index (χ2v) is 8.72. The van der Waals surface area contributed by atoms with Crippen molar-refractivity contribution in [1.82, 2.24) is 14.8 Å². The molecule has 0 radical (unpaired) electrons. The lowest BCUT2D eigenvalue weighted by Crippen LogP contribution is -2.16. The van der Waals surface area contributed by atoms with E-state index in [0.717, 1.165) is 11.6 Å². The van der Waals surface area contributed by atoms with Crippen molar-refractivity contribution in [3.05, 3.63) is 94.9 Å². The summed E-state index contributed by atoms with van der Waals surface area (Å²) in [7, 11) is -2.78. The van der Waals surface area contributed by atoms with Gasteiger partial charge in [0.25, 0.3) is 15.7 Å². The van der Waals surface area contributed by atoms with Gasteiger partial charge in [-0.15, -0.1) is 0 Å². The smallest absolute Gasteiger partial charge is 0.270 e. The number of rotatable bonds is 9. The highest BCUT2D eigenvalue weighted by molar-refractivity contribution is 7.93. The van der Waals surface area contributed by atoms with E-state index < -0.39 is 14.9 Å². The van der Waals surface area contributed by atoms with Crippen molar-refractivity contribution in [2.75, 3.05) is 17.1 Å². The van der Waals surface area contributed by atoms with Gasteiger partial charge in [-0.1, -0.05) is 18.2 Å². The number of hydrogen-bond acceptors (Lipinski definition) is 8. The third-order valence-corrected chi connectivity index (χ3v) is 6.25. The number of anilines is 2. The Morgan fingerprint density at radius 3 is 2.59 bits per heavy atom. The Morgan fingerprint density at radius 1 is 1.09 bits per heavy atom. The number of pyridine rings is 1. The highest BCUT2D eigenvalue weighted by atomic mass is 32.2. The summed E-state index contributed by atoms with van der Waals surface area (Å²) in [6.07, 6.45) is 5.05. The van der Waals surface area contributed by atoms with E-state index in [9.17, 15) is 18.5 Å². The molecule has 12 heteroatoms. The number of hydrogen-bond donors (Lipinski definition) is 2. The fourth-order valence-electron chi connectivity index (χ4n) is 3.18. The van der Waals surface area contributed by atoms with Crippen molar-refractivity contribution in [2.45, 2.75) is 11.4 Å². The molecule has 34 heavy (non-hydrogen) atoms. The number of ether oxygens (including phenoxy) is 1. The predicted octanol–water partition coefficient (Wildman–Crippen LogP) is 3.60. The van der Waals surface area contributed by atoms with Crippen LogP contribution in [0.2, 0.25) is 0 Å². The van der Waals surface area contributed by atoms with Crippen molar-refractivity contribution in [3.8, 4) is 11.6 Å². The van der Waals surface area contributed by atoms with E-state index in [1.807, 2.05) is 6.07 Å². The lowest BCUT2D eigenvalue weighted by molar-refractivity contribution is -0.385. The number of nitro groups is 1. The minimum atomic E-state index is -4.20. The molecule has 174 valence electrons. The number of methoxy groups -OCH3 is 1. The van der Waals surface area contributed by atoms with E-state index in [4.69, 9.17) is 4.74 Å². The quantitative estimate of drug-likeness (QED) is 0.273. The summed E-state index contributed by atoms with van der Waals surface area (Å²) in [5.74, 6) is 0.947. The zero-order valence-electron chi connectivity index (χ0n) is 18.0. The molecule has 4 aromatic rings. The summed E-state index contributed by atoms with van der Waals surface area (Å²) in [6.45, 7) is 0.237. The lowest BCUT2D eigenvalue weighted by Gasteiger charge is -2.15. The van der Waals surface area contributed by atoms with Crippen LogP contribution in [0.1, 0.15) is 5.56 Å². The van der Waals surface area contributed by atoms with Gasteiger partial charge in [-0.2, -0.15) is 5.10 Å². The summed E-state index contributed by atoms with van der Waals surface area (Å²) >= 11 is 0. The molecule has 0 fully saturated rings. The molecule has 0 bridgehead atoms. The van der Waals surface area contributed by atoms with Crippen LogP contribution in [0.3, 0.4) is 0 Å². The zero-order chi connectivity index (χ0) is 24.1. The highest BCUT2D eigenvalue weighted by Gasteiger charge is 2.23. The fraction of sp³-hybridized carbons (Fsp3) is 0.0909. The second-order valence-electron chi connectivity index (χ2n) is 7.07. The van der Waals surface area contributed by atoms with Gasteiger partial charge < -0.3 is 10.1 Å². The first-order valence-corrected chi connectivity index (χ1v) is 11.5. The molecule has 0 aliphatic carbocycles. The van der Waals surface area contributed by atoms with E-state index in [1.54, 1.807) is 53.6 Å². The van der Waals surface area contributed by atoms with Crippen molar-refractivity contribution >= 4 is 27.1 Å². The van der Waals surface area contributed by atoms with Gasteiger partial charge in [0, 0.05) is 37.3 Å². The van der Waals surface area contributed by atoms with Gasteiger partial charge in [-0.25, -0.2) is 18.1 Å². The van der Waals surface area contributed by atoms with Crippen molar-refractivity contribution < 1.29 is 18.1 Å². The van der Waals surface area contributed by atoms with Gasteiger partial charge in [0.1, 0.15) is 10.6 Å².